The number of nitrogens with two attached hydrogens (primary N) is 1. The van der Waals surface area contributed by atoms with Gasteiger partial charge in [-0.25, -0.2) is 5.84 Å². The molecule has 0 aliphatic carbocycles. The van der Waals surface area contributed by atoms with E-state index in [1.807, 2.05) is 24.3 Å². The van der Waals surface area contributed by atoms with Crippen molar-refractivity contribution in [2.75, 3.05) is 12.5 Å². The number of ether oxygens (including phenoxy) is 2. The number of aromatic nitrogens is 3. The summed E-state index contributed by atoms with van der Waals surface area (Å²) in [5.41, 5.74) is 3.56. The third-order valence-corrected chi connectivity index (χ3v) is 2.66. The molecule has 0 unspecified atom stereocenters. The van der Waals surface area contributed by atoms with Crippen LogP contribution in [-0.4, -0.2) is 22.1 Å². The molecule has 2 rings (SSSR count). The van der Waals surface area contributed by atoms with Crippen LogP contribution in [0.2, 0.25) is 0 Å². The van der Waals surface area contributed by atoms with Crippen molar-refractivity contribution in [1.29, 1.82) is 0 Å². The molecule has 1 aromatic heterocycles. The van der Waals surface area contributed by atoms with Crippen LogP contribution < -0.4 is 20.7 Å². The minimum atomic E-state index is 0.113. The number of hydrazine groups is 1. The summed E-state index contributed by atoms with van der Waals surface area (Å²) in [5, 5.41) is 0. The van der Waals surface area contributed by atoms with Gasteiger partial charge in [0.05, 0.1) is 7.11 Å². The van der Waals surface area contributed by atoms with Gasteiger partial charge in [-0.05, 0) is 23.6 Å². The molecule has 106 valence electrons. The van der Waals surface area contributed by atoms with Crippen LogP contribution in [0.15, 0.2) is 24.3 Å². The Hall–Kier alpha value is -2.41. The second-order valence-corrected chi connectivity index (χ2v) is 4.40. The summed E-state index contributed by atoms with van der Waals surface area (Å²) in [7, 11) is 1.46. The highest BCUT2D eigenvalue weighted by atomic mass is 16.5. The van der Waals surface area contributed by atoms with Gasteiger partial charge < -0.3 is 9.47 Å². The Morgan fingerprint density at radius 1 is 1.05 bits per heavy atom. The van der Waals surface area contributed by atoms with Gasteiger partial charge in [0, 0.05) is 0 Å². The van der Waals surface area contributed by atoms with E-state index in [0.29, 0.717) is 11.7 Å². The Balaban J connectivity index is 2.20. The summed E-state index contributed by atoms with van der Waals surface area (Å²) in [4.78, 5) is 11.9. The van der Waals surface area contributed by atoms with Crippen molar-refractivity contribution < 1.29 is 9.47 Å². The molecule has 7 nitrogen and oxygen atoms in total. The Morgan fingerprint density at radius 2 is 1.70 bits per heavy atom. The topological polar surface area (TPSA) is 95.2 Å². The monoisotopic (exact) mass is 275 g/mol. The van der Waals surface area contributed by atoms with Crippen LogP contribution in [0.4, 0.5) is 5.95 Å². The first-order chi connectivity index (χ1) is 9.62. The zero-order valence-corrected chi connectivity index (χ0v) is 11.6. The van der Waals surface area contributed by atoms with Crippen molar-refractivity contribution in [3.05, 3.63) is 29.8 Å². The molecular formula is C13H17N5O2. The van der Waals surface area contributed by atoms with Crippen LogP contribution in [0.1, 0.15) is 25.3 Å². The van der Waals surface area contributed by atoms with E-state index in [1.165, 1.54) is 12.7 Å². The van der Waals surface area contributed by atoms with E-state index in [0.717, 1.165) is 0 Å². The van der Waals surface area contributed by atoms with Gasteiger partial charge in [-0.2, -0.15) is 9.97 Å². The van der Waals surface area contributed by atoms with Crippen molar-refractivity contribution in [2.24, 2.45) is 5.84 Å². The number of nitrogen functional groups attached to an aromatic ring is 1. The van der Waals surface area contributed by atoms with Gasteiger partial charge in [0.25, 0.3) is 0 Å². The van der Waals surface area contributed by atoms with E-state index in [1.54, 1.807) is 0 Å². The number of nitrogens with zero attached hydrogens (tertiary/aromatic N) is 3. The summed E-state index contributed by atoms with van der Waals surface area (Å²) >= 11 is 0. The average molecular weight is 275 g/mol. The molecule has 0 bridgehead atoms. The molecule has 1 aromatic carbocycles. The second-order valence-electron chi connectivity index (χ2n) is 4.40. The zero-order valence-electron chi connectivity index (χ0n) is 11.6. The van der Waals surface area contributed by atoms with Crippen LogP contribution in [0, 0.1) is 0 Å². The predicted molar refractivity (Wildman–Crippen MR) is 74.8 cm³/mol. The summed E-state index contributed by atoms with van der Waals surface area (Å²) < 4.78 is 10.5. The molecule has 2 aromatic rings. The van der Waals surface area contributed by atoms with Crippen molar-refractivity contribution in [3.63, 3.8) is 0 Å². The molecule has 0 saturated carbocycles. The normalized spacial score (nSPS) is 10.4. The van der Waals surface area contributed by atoms with Gasteiger partial charge in [-0.1, -0.05) is 26.0 Å². The van der Waals surface area contributed by atoms with Crippen LogP contribution in [0.3, 0.4) is 0 Å². The highest BCUT2D eigenvalue weighted by Gasteiger charge is 2.08. The van der Waals surface area contributed by atoms with Gasteiger partial charge in [0.2, 0.25) is 5.95 Å². The first-order valence-corrected chi connectivity index (χ1v) is 6.17. The number of nitrogens with one attached hydrogen (secondary N) is 1. The fourth-order valence-corrected chi connectivity index (χ4v) is 1.57. The van der Waals surface area contributed by atoms with E-state index in [9.17, 15) is 0 Å². The number of rotatable bonds is 5. The van der Waals surface area contributed by atoms with Gasteiger partial charge in [-0.15, -0.1) is 4.98 Å². The lowest BCUT2D eigenvalue weighted by Crippen LogP contribution is -2.12. The number of hydrogen-bond acceptors (Lipinski definition) is 7. The van der Waals surface area contributed by atoms with Gasteiger partial charge >= 0.3 is 12.0 Å². The molecule has 0 fully saturated rings. The van der Waals surface area contributed by atoms with Crippen molar-refractivity contribution >= 4 is 5.95 Å². The second kappa shape index (κ2) is 6.16. The molecular weight excluding hydrogens is 258 g/mol. The molecule has 7 heteroatoms. The summed E-state index contributed by atoms with van der Waals surface area (Å²) in [6, 6.07) is 7.97. The largest absolute Gasteiger partial charge is 0.467 e. The third kappa shape index (κ3) is 3.33. The number of hydrogen-bond donors (Lipinski definition) is 2. The molecule has 0 saturated heterocycles. The lowest BCUT2D eigenvalue weighted by Gasteiger charge is -2.08. The minimum Gasteiger partial charge on any atom is -0.467 e. The maximum Gasteiger partial charge on any atom is 0.330 e. The van der Waals surface area contributed by atoms with Crippen molar-refractivity contribution in [1.82, 2.24) is 15.0 Å². The SMILES string of the molecule is COc1nc(NN)nc(Oc2ccc(C(C)C)cc2)n1. The van der Waals surface area contributed by atoms with Crippen LogP contribution >= 0.6 is 0 Å². The molecule has 20 heavy (non-hydrogen) atoms. The quantitative estimate of drug-likeness (QED) is 0.637. The zero-order chi connectivity index (χ0) is 14.5. The fraction of sp³-hybridized carbons (Fsp3) is 0.308. The van der Waals surface area contributed by atoms with E-state index >= 15 is 0 Å². The van der Waals surface area contributed by atoms with Crippen LogP contribution in [0.5, 0.6) is 17.8 Å². The Labute approximate surface area is 117 Å². The highest BCUT2D eigenvalue weighted by Crippen LogP contribution is 2.23. The van der Waals surface area contributed by atoms with E-state index in [-0.39, 0.29) is 18.0 Å². The Morgan fingerprint density at radius 3 is 2.25 bits per heavy atom. The molecule has 0 spiro atoms. The van der Waals surface area contributed by atoms with Gasteiger partial charge in [-0.3, -0.25) is 5.43 Å². The van der Waals surface area contributed by atoms with Crippen molar-refractivity contribution in [3.8, 4) is 17.8 Å². The first kappa shape index (κ1) is 14.0. The van der Waals surface area contributed by atoms with E-state index in [4.69, 9.17) is 15.3 Å². The molecule has 0 atom stereocenters. The highest BCUT2D eigenvalue weighted by molar-refractivity contribution is 5.32. The molecule has 0 aliphatic rings. The van der Waals surface area contributed by atoms with E-state index in [2.05, 4.69) is 34.2 Å². The third-order valence-electron chi connectivity index (χ3n) is 2.66. The summed E-state index contributed by atoms with van der Waals surface area (Å²) in [5.74, 6) is 6.54. The van der Waals surface area contributed by atoms with Gasteiger partial charge in [0.15, 0.2) is 0 Å². The molecule has 1 heterocycles. The van der Waals surface area contributed by atoms with Crippen LogP contribution in [-0.2, 0) is 0 Å². The minimum absolute atomic E-state index is 0.113. The summed E-state index contributed by atoms with van der Waals surface area (Å²) in [6.45, 7) is 4.26. The Kier molecular flexibility index (Phi) is 4.31. The van der Waals surface area contributed by atoms with Crippen molar-refractivity contribution in [2.45, 2.75) is 19.8 Å². The standard InChI is InChI=1S/C13H17N5O2/c1-8(2)9-4-6-10(7-5-9)20-13-16-11(18-14)15-12(17-13)19-3/h4-8H,14H2,1-3H3,(H,15,16,17,18). The lowest BCUT2D eigenvalue weighted by molar-refractivity contribution is 0.360. The molecule has 3 N–H and O–H groups in total. The Bertz CT molecular complexity index is 549. The smallest absolute Gasteiger partial charge is 0.330 e. The maximum atomic E-state index is 5.56. The average Bonchev–Trinajstić information content (AvgIpc) is 2.47. The maximum absolute atomic E-state index is 5.56. The molecule has 0 radical (unpaired) electrons. The fourth-order valence-electron chi connectivity index (χ4n) is 1.57. The van der Waals surface area contributed by atoms with Gasteiger partial charge in [0.1, 0.15) is 5.75 Å². The summed E-state index contributed by atoms with van der Waals surface area (Å²) in [6.07, 6.45) is 0. The first-order valence-electron chi connectivity index (χ1n) is 6.17. The molecule has 0 aliphatic heterocycles. The molecule has 0 amide bonds. The lowest BCUT2D eigenvalue weighted by atomic mass is 10.0. The number of anilines is 1. The number of methoxy groups -OCH3 is 1. The van der Waals surface area contributed by atoms with E-state index < -0.39 is 0 Å². The number of benzene rings is 1. The predicted octanol–water partition coefficient (Wildman–Crippen LogP) is 2.08. The van der Waals surface area contributed by atoms with Crippen LogP contribution in [0.25, 0.3) is 0 Å².